The zero-order valence-corrected chi connectivity index (χ0v) is 21.4. The highest BCUT2D eigenvalue weighted by atomic mass is 19.1. The second-order valence-corrected chi connectivity index (χ2v) is 10.8. The number of carboxylic acids is 1. The molecule has 0 spiro atoms. The van der Waals surface area contributed by atoms with Crippen LogP contribution in [-0.2, 0) is 4.74 Å². The van der Waals surface area contributed by atoms with E-state index in [-0.39, 0.29) is 34.1 Å². The normalized spacial score (nSPS) is 18.1. The number of carboxylic acid groups (broad SMARTS) is 1. The summed E-state index contributed by atoms with van der Waals surface area (Å²) in [5.74, 6) is -3.16. The van der Waals surface area contributed by atoms with Gasteiger partial charge in [-0.05, 0) is 59.8 Å². The SMILES string of the molecule is CCN(CC1CCN(c2c(F)c(C)c3c(=O)c(C(=O)O)cn(C4CC4)c3c2F)C1)C(=O)OC(C)(C)C. The lowest BCUT2D eigenvalue weighted by molar-refractivity contribution is 0.0236. The number of ether oxygens (including phenoxy) is 1. The number of halogens is 2. The number of anilines is 1. The maximum absolute atomic E-state index is 16.0. The Morgan fingerprint density at radius 2 is 1.86 bits per heavy atom. The number of hydrogen-bond donors (Lipinski definition) is 1. The molecule has 1 atom stereocenters. The van der Waals surface area contributed by atoms with Crippen molar-refractivity contribution < 1.29 is 28.2 Å². The molecular weight excluding hydrogens is 472 g/mol. The Hall–Kier alpha value is -3.17. The van der Waals surface area contributed by atoms with Crippen molar-refractivity contribution in [2.75, 3.05) is 31.1 Å². The molecule has 1 aromatic carbocycles. The number of hydrogen-bond acceptors (Lipinski definition) is 5. The molecule has 1 aliphatic carbocycles. The molecule has 0 bridgehead atoms. The molecule has 2 aliphatic rings. The Bertz CT molecular complexity index is 1280. The Morgan fingerprint density at radius 3 is 2.42 bits per heavy atom. The minimum Gasteiger partial charge on any atom is -0.477 e. The molecule has 1 amide bonds. The standard InChI is InChI=1S/C26H33F2N3O5/c1-6-29(25(35)36-26(3,4)5)11-15-9-10-30(12-15)22-19(27)14(2)18-21(20(22)28)31(16-7-8-16)13-17(23(18)32)24(33)34/h13,15-16H,6-12H2,1-5H3,(H,33,34). The van der Waals surface area contributed by atoms with Gasteiger partial charge in [-0.15, -0.1) is 0 Å². The lowest BCUT2D eigenvalue weighted by atomic mass is 10.0. The van der Waals surface area contributed by atoms with Gasteiger partial charge in [-0.1, -0.05) is 0 Å². The molecule has 1 saturated carbocycles. The second-order valence-electron chi connectivity index (χ2n) is 10.8. The molecule has 2 heterocycles. The number of amides is 1. The molecule has 10 heteroatoms. The molecular formula is C26H33F2N3O5. The monoisotopic (exact) mass is 505 g/mol. The van der Waals surface area contributed by atoms with Gasteiger partial charge < -0.3 is 24.2 Å². The summed E-state index contributed by atoms with van der Waals surface area (Å²) in [5.41, 5.74) is -2.32. The number of carbonyl (C=O) groups is 2. The van der Waals surface area contributed by atoms with Gasteiger partial charge >= 0.3 is 12.1 Å². The second kappa shape index (κ2) is 9.37. The molecule has 1 aliphatic heterocycles. The van der Waals surface area contributed by atoms with Crippen molar-refractivity contribution in [1.82, 2.24) is 9.47 Å². The van der Waals surface area contributed by atoms with E-state index in [0.717, 1.165) is 12.8 Å². The Kier molecular flexibility index (Phi) is 6.74. The van der Waals surface area contributed by atoms with E-state index in [1.807, 2.05) is 6.92 Å². The molecule has 0 radical (unpaired) electrons. The number of pyridine rings is 1. The van der Waals surface area contributed by atoms with Gasteiger partial charge in [0, 0.05) is 44.0 Å². The van der Waals surface area contributed by atoms with Crippen LogP contribution in [0.3, 0.4) is 0 Å². The van der Waals surface area contributed by atoms with Gasteiger partial charge in [0.05, 0.1) is 10.9 Å². The van der Waals surface area contributed by atoms with E-state index in [0.29, 0.717) is 32.6 Å². The number of aromatic nitrogens is 1. The van der Waals surface area contributed by atoms with Crippen LogP contribution in [0.1, 0.15) is 68.9 Å². The van der Waals surface area contributed by atoms with Crippen molar-refractivity contribution in [3.8, 4) is 0 Å². The van der Waals surface area contributed by atoms with Crippen molar-refractivity contribution in [3.63, 3.8) is 0 Å². The van der Waals surface area contributed by atoms with Gasteiger partial charge in [0.25, 0.3) is 0 Å². The third-order valence-electron chi connectivity index (χ3n) is 6.85. The van der Waals surface area contributed by atoms with E-state index in [1.165, 1.54) is 17.7 Å². The minimum atomic E-state index is -1.42. The molecule has 2 aromatic rings. The molecule has 1 saturated heterocycles. The summed E-state index contributed by atoms with van der Waals surface area (Å²) in [4.78, 5) is 40.3. The van der Waals surface area contributed by atoms with Gasteiger partial charge in [0.1, 0.15) is 16.9 Å². The van der Waals surface area contributed by atoms with Crippen LogP contribution in [0, 0.1) is 24.5 Å². The van der Waals surface area contributed by atoms with Gasteiger partial charge in [0.2, 0.25) is 5.43 Å². The van der Waals surface area contributed by atoms with E-state index in [4.69, 9.17) is 4.74 Å². The van der Waals surface area contributed by atoms with Crippen LogP contribution in [0.2, 0.25) is 0 Å². The fourth-order valence-electron chi connectivity index (χ4n) is 4.93. The van der Waals surface area contributed by atoms with Crippen molar-refractivity contribution in [2.45, 2.75) is 65.5 Å². The minimum absolute atomic E-state index is 0.0210. The lowest BCUT2D eigenvalue weighted by Crippen LogP contribution is -2.40. The molecule has 1 unspecified atom stereocenters. The van der Waals surface area contributed by atoms with Crippen LogP contribution in [0.5, 0.6) is 0 Å². The summed E-state index contributed by atoms with van der Waals surface area (Å²) in [6.45, 7) is 10.2. The number of carbonyl (C=O) groups excluding carboxylic acids is 1. The Balaban J connectivity index is 1.69. The highest BCUT2D eigenvalue weighted by Gasteiger charge is 2.35. The van der Waals surface area contributed by atoms with Crippen LogP contribution >= 0.6 is 0 Å². The number of benzene rings is 1. The summed E-state index contributed by atoms with van der Waals surface area (Å²) in [6, 6.07) is -0.128. The van der Waals surface area contributed by atoms with Crippen molar-refractivity contribution >= 4 is 28.7 Å². The van der Waals surface area contributed by atoms with Crippen molar-refractivity contribution in [2.24, 2.45) is 5.92 Å². The highest BCUT2D eigenvalue weighted by molar-refractivity contribution is 5.95. The van der Waals surface area contributed by atoms with Crippen LogP contribution < -0.4 is 10.3 Å². The van der Waals surface area contributed by atoms with Crippen LogP contribution in [-0.4, -0.2) is 58.4 Å². The van der Waals surface area contributed by atoms with E-state index in [9.17, 15) is 19.5 Å². The first-order valence-electron chi connectivity index (χ1n) is 12.4. The van der Waals surface area contributed by atoms with Gasteiger partial charge in [0.15, 0.2) is 11.6 Å². The maximum atomic E-state index is 16.0. The number of aromatic carboxylic acids is 1. The fraction of sp³-hybridized carbons (Fsp3) is 0.577. The number of aryl methyl sites for hydroxylation is 1. The topological polar surface area (TPSA) is 92.1 Å². The van der Waals surface area contributed by atoms with Crippen molar-refractivity contribution in [3.05, 3.63) is 39.2 Å². The third-order valence-corrected chi connectivity index (χ3v) is 6.85. The first kappa shape index (κ1) is 25.9. The average molecular weight is 506 g/mol. The van der Waals surface area contributed by atoms with Crippen molar-refractivity contribution in [1.29, 1.82) is 0 Å². The third kappa shape index (κ3) is 4.77. The first-order valence-corrected chi connectivity index (χ1v) is 12.4. The van der Waals surface area contributed by atoms with Crippen LogP contribution in [0.15, 0.2) is 11.0 Å². The first-order chi connectivity index (χ1) is 16.8. The summed E-state index contributed by atoms with van der Waals surface area (Å²) >= 11 is 0. The molecule has 1 N–H and O–H groups in total. The molecule has 2 fully saturated rings. The smallest absolute Gasteiger partial charge is 0.410 e. The Labute approximate surface area is 208 Å². The molecule has 36 heavy (non-hydrogen) atoms. The quantitative estimate of drug-likeness (QED) is 0.612. The van der Waals surface area contributed by atoms with Gasteiger partial charge in [-0.25, -0.2) is 18.4 Å². The van der Waals surface area contributed by atoms with Gasteiger partial charge in [-0.2, -0.15) is 0 Å². The molecule has 4 rings (SSSR count). The molecule has 196 valence electrons. The summed E-state index contributed by atoms with van der Waals surface area (Å²) in [6.07, 6.45) is 2.84. The molecule has 8 nitrogen and oxygen atoms in total. The largest absolute Gasteiger partial charge is 0.477 e. The maximum Gasteiger partial charge on any atom is 0.410 e. The lowest BCUT2D eigenvalue weighted by Gasteiger charge is -2.28. The zero-order chi connectivity index (χ0) is 26.5. The number of rotatable bonds is 6. The summed E-state index contributed by atoms with van der Waals surface area (Å²) in [5, 5.41) is 9.26. The summed E-state index contributed by atoms with van der Waals surface area (Å²) in [7, 11) is 0. The van der Waals surface area contributed by atoms with Crippen LogP contribution in [0.4, 0.5) is 19.3 Å². The average Bonchev–Trinajstić information content (AvgIpc) is 3.53. The van der Waals surface area contributed by atoms with E-state index in [2.05, 4.69) is 0 Å². The van der Waals surface area contributed by atoms with E-state index >= 15 is 8.78 Å². The van der Waals surface area contributed by atoms with E-state index < -0.39 is 40.3 Å². The van der Waals surface area contributed by atoms with E-state index in [1.54, 1.807) is 30.6 Å². The zero-order valence-electron chi connectivity index (χ0n) is 21.4. The fourth-order valence-corrected chi connectivity index (χ4v) is 4.93. The predicted octanol–water partition coefficient (Wildman–Crippen LogP) is 4.70. The molecule has 1 aromatic heterocycles. The van der Waals surface area contributed by atoms with Gasteiger partial charge in [-0.3, -0.25) is 4.79 Å². The number of fused-ring (bicyclic) bond motifs is 1. The number of nitrogens with zero attached hydrogens (tertiary/aromatic N) is 3. The predicted molar refractivity (Wildman–Crippen MR) is 132 cm³/mol. The Morgan fingerprint density at radius 1 is 1.19 bits per heavy atom. The highest BCUT2D eigenvalue weighted by Crippen LogP contribution is 2.41. The van der Waals surface area contributed by atoms with Crippen LogP contribution in [0.25, 0.3) is 10.9 Å². The summed E-state index contributed by atoms with van der Waals surface area (Å²) < 4.78 is 38.6.